The average Bonchev–Trinajstić information content (AvgIpc) is 3.27. The van der Waals surface area contributed by atoms with Crippen molar-refractivity contribution in [3.8, 4) is 0 Å². The highest BCUT2D eigenvalue weighted by molar-refractivity contribution is 7.10. The number of nitrogens with zero attached hydrogens (tertiary/aromatic N) is 2. The predicted octanol–water partition coefficient (Wildman–Crippen LogP) is 4.15. The molecule has 1 aliphatic rings. The predicted molar refractivity (Wildman–Crippen MR) is 118 cm³/mol. The molecular formula is C22H22ClN3O2S. The van der Waals surface area contributed by atoms with E-state index in [1.165, 1.54) is 11.0 Å². The van der Waals surface area contributed by atoms with Gasteiger partial charge >= 0.3 is 0 Å². The van der Waals surface area contributed by atoms with Crippen LogP contribution in [0.15, 0.2) is 53.9 Å². The summed E-state index contributed by atoms with van der Waals surface area (Å²) in [6, 6.07) is 13.8. The smallest absolute Gasteiger partial charge is 0.244 e. The van der Waals surface area contributed by atoms with Crippen molar-refractivity contribution in [3.05, 3.63) is 69.5 Å². The number of hydrogen-bond donors (Lipinski definition) is 1. The molecule has 4 rings (SSSR count). The fourth-order valence-corrected chi connectivity index (χ4v) is 4.42. The van der Waals surface area contributed by atoms with E-state index in [4.69, 9.17) is 16.3 Å². The van der Waals surface area contributed by atoms with E-state index in [2.05, 4.69) is 26.6 Å². The summed E-state index contributed by atoms with van der Waals surface area (Å²) in [6.45, 7) is 3.76. The third kappa shape index (κ3) is 5.22. The molecular weight excluding hydrogens is 406 g/mol. The van der Waals surface area contributed by atoms with Gasteiger partial charge in [-0.1, -0.05) is 29.8 Å². The molecule has 0 saturated carbocycles. The minimum Gasteiger partial charge on any atom is -0.379 e. The van der Waals surface area contributed by atoms with Gasteiger partial charge in [-0.05, 0) is 35.7 Å². The van der Waals surface area contributed by atoms with Crippen molar-refractivity contribution in [3.63, 3.8) is 0 Å². The number of aromatic nitrogens is 1. The summed E-state index contributed by atoms with van der Waals surface area (Å²) in [5, 5.41) is 6.77. The van der Waals surface area contributed by atoms with Crippen LogP contribution in [0.3, 0.4) is 0 Å². The lowest BCUT2D eigenvalue weighted by atomic mass is 10.2. The van der Waals surface area contributed by atoms with Gasteiger partial charge in [-0.15, -0.1) is 11.3 Å². The Bertz CT molecular complexity index is 1000. The van der Waals surface area contributed by atoms with E-state index in [0.29, 0.717) is 11.6 Å². The number of benzene rings is 1. The minimum absolute atomic E-state index is 0.132. The fourth-order valence-electron chi connectivity index (χ4n) is 3.40. The lowest BCUT2D eigenvalue weighted by molar-refractivity contribution is -0.116. The third-order valence-electron chi connectivity index (χ3n) is 4.91. The number of morpholine rings is 1. The van der Waals surface area contributed by atoms with Crippen LogP contribution in [0.2, 0.25) is 5.02 Å². The summed E-state index contributed by atoms with van der Waals surface area (Å²) in [5.41, 5.74) is 1.53. The largest absolute Gasteiger partial charge is 0.379 e. The average molecular weight is 428 g/mol. The number of nitrogens with one attached hydrogen (secondary N) is 1. The molecule has 0 spiro atoms. The first-order valence-corrected chi connectivity index (χ1v) is 10.8. The number of rotatable bonds is 6. The summed E-state index contributed by atoms with van der Waals surface area (Å²) < 4.78 is 5.47. The molecule has 0 radical (unpaired) electrons. The van der Waals surface area contributed by atoms with Crippen molar-refractivity contribution in [2.45, 2.75) is 6.04 Å². The number of pyridine rings is 1. The molecule has 0 aliphatic carbocycles. The zero-order valence-corrected chi connectivity index (χ0v) is 17.5. The van der Waals surface area contributed by atoms with Gasteiger partial charge < -0.3 is 10.1 Å². The van der Waals surface area contributed by atoms with Gasteiger partial charge in [0.05, 0.1) is 30.5 Å². The highest BCUT2D eigenvalue weighted by Crippen LogP contribution is 2.25. The molecule has 7 heteroatoms. The van der Waals surface area contributed by atoms with E-state index in [9.17, 15) is 4.79 Å². The van der Waals surface area contributed by atoms with Gasteiger partial charge in [0.15, 0.2) is 0 Å². The normalized spacial score (nSPS) is 16.3. The molecule has 1 fully saturated rings. The van der Waals surface area contributed by atoms with E-state index >= 15 is 0 Å². The molecule has 1 unspecified atom stereocenters. The Morgan fingerprint density at radius 2 is 2.10 bits per heavy atom. The Hall–Kier alpha value is -2.25. The highest BCUT2D eigenvalue weighted by atomic mass is 35.5. The van der Waals surface area contributed by atoms with Crippen molar-refractivity contribution in [1.82, 2.24) is 15.2 Å². The number of fused-ring (bicyclic) bond motifs is 1. The monoisotopic (exact) mass is 427 g/mol. The fraction of sp³-hybridized carbons (Fsp3) is 0.273. The maximum Gasteiger partial charge on any atom is 0.244 e. The zero-order valence-electron chi connectivity index (χ0n) is 15.9. The number of carbonyl (C=O) groups excluding carboxylic acids is 1. The molecule has 1 saturated heterocycles. The van der Waals surface area contributed by atoms with E-state index < -0.39 is 0 Å². The lowest BCUT2D eigenvalue weighted by Crippen LogP contribution is -2.43. The van der Waals surface area contributed by atoms with Gasteiger partial charge in [-0.25, -0.2) is 4.98 Å². The van der Waals surface area contributed by atoms with Gasteiger partial charge in [0.1, 0.15) is 0 Å². The van der Waals surface area contributed by atoms with Crippen LogP contribution in [0.25, 0.3) is 17.0 Å². The van der Waals surface area contributed by atoms with Crippen LogP contribution in [-0.4, -0.2) is 48.6 Å². The molecule has 150 valence electrons. The van der Waals surface area contributed by atoms with Gasteiger partial charge in [0.25, 0.3) is 0 Å². The summed E-state index contributed by atoms with van der Waals surface area (Å²) in [5.74, 6) is -0.132. The number of thiophene rings is 1. The second kappa shape index (κ2) is 9.50. The Labute approximate surface area is 179 Å². The number of hydrogen-bond acceptors (Lipinski definition) is 5. The molecule has 1 amide bonds. The number of carbonyl (C=O) groups is 1. The summed E-state index contributed by atoms with van der Waals surface area (Å²) in [6.07, 6.45) is 3.26. The summed E-state index contributed by atoms with van der Waals surface area (Å²) >= 11 is 7.76. The van der Waals surface area contributed by atoms with E-state index in [1.54, 1.807) is 17.4 Å². The van der Waals surface area contributed by atoms with Crippen molar-refractivity contribution in [2.75, 3.05) is 32.8 Å². The molecule has 1 aromatic carbocycles. The Kier molecular flexibility index (Phi) is 6.56. The molecule has 29 heavy (non-hydrogen) atoms. The molecule has 3 heterocycles. The number of amides is 1. The standard InChI is InChI=1S/C22H22ClN3O2S/c23-17-5-3-16-4-6-18(25-19(16)14-17)7-8-22(27)24-15-20(21-2-1-13-29-21)26-9-11-28-12-10-26/h1-8,13-14,20H,9-12,15H2,(H,24,27)/b8-7+. The van der Waals surface area contributed by atoms with Crippen LogP contribution in [-0.2, 0) is 9.53 Å². The van der Waals surface area contributed by atoms with Crippen LogP contribution >= 0.6 is 22.9 Å². The van der Waals surface area contributed by atoms with E-state index in [-0.39, 0.29) is 11.9 Å². The molecule has 1 atom stereocenters. The zero-order chi connectivity index (χ0) is 20.1. The maximum atomic E-state index is 12.4. The molecule has 5 nitrogen and oxygen atoms in total. The molecule has 1 aliphatic heterocycles. The first-order valence-electron chi connectivity index (χ1n) is 9.56. The van der Waals surface area contributed by atoms with Crippen LogP contribution in [0.5, 0.6) is 0 Å². The number of ether oxygens (including phenoxy) is 1. The Morgan fingerprint density at radius 3 is 2.90 bits per heavy atom. The first-order chi connectivity index (χ1) is 14.2. The van der Waals surface area contributed by atoms with Crippen molar-refractivity contribution in [2.24, 2.45) is 0 Å². The van der Waals surface area contributed by atoms with Gasteiger partial charge in [0, 0.05) is 41.0 Å². The van der Waals surface area contributed by atoms with Crippen LogP contribution < -0.4 is 5.32 Å². The van der Waals surface area contributed by atoms with Gasteiger partial charge in [0.2, 0.25) is 5.91 Å². The molecule has 1 N–H and O–H groups in total. The van der Waals surface area contributed by atoms with Gasteiger partial charge in [-0.2, -0.15) is 0 Å². The first kappa shape index (κ1) is 20.0. The summed E-state index contributed by atoms with van der Waals surface area (Å²) in [4.78, 5) is 20.6. The highest BCUT2D eigenvalue weighted by Gasteiger charge is 2.23. The van der Waals surface area contributed by atoms with Crippen LogP contribution in [0.4, 0.5) is 0 Å². The molecule has 3 aromatic rings. The topological polar surface area (TPSA) is 54.5 Å². The maximum absolute atomic E-state index is 12.4. The molecule has 2 aromatic heterocycles. The molecule has 0 bridgehead atoms. The van der Waals surface area contributed by atoms with Crippen molar-refractivity contribution < 1.29 is 9.53 Å². The second-order valence-corrected chi connectivity index (χ2v) is 8.25. The minimum atomic E-state index is -0.132. The number of halogens is 1. The van der Waals surface area contributed by atoms with Crippen LogP contribution in [0.1, 0.15) is 16.6 Å². The van der Waals surface area contributed by atoms with Crippen LogP contribution in [0, 0.1) is 0 Å². The Morgan fingerprint density at radius 1 is 1.28 bits per heavy atom. The van der Waals surface area contributed by atoms with E-state index in [0.717, 1.165) is 42.9 Å². The van der Waals surface area contributed by atoms with E-state index in [1.807, 2.05) is 36.4 Å². The quantitative estimate of drug-likeness (QED) is 0.600. The Balaban J connectivity index is 1.40. The second-order valence-electron chi connectivity index (χ2n) is 6.83. The lowest BCUT2D eigenvalue weighted by Gasteiger charge is -2.34. The third-order valence-corrected chi connectivity index (χ3v) is 6.12. The van der Waals surface area contributed by atoms with Crippen molar-refractivity contribution >= 4 is 45.8 Å². The summed E-state index contributed by atoms with van der Waals surface area (Å²) in [7, 11) is 0. The van der Waals surface area contributed by atoms with Crippen molar-refractivity contribution in [1.29, 1.82) is 0 Å². The van der Waals surface area contributed by atoms with Gasteiger partial charge in [-0.3, -0.25) is 9.69 Å². The SMILES string of the molecule is O=C(/C=C/c1ccc2ccc(Cl)cc2n1)NCC(c1cccs1)N1CCOCC1.